The first kappa shape index (κ1) is 11.7. The largest absolute Gasteiger partial charge is 0.481 e. The van der Waals surface area contributed by atoms with Crippen molar-refractivity contribution in [3.63, 3.8) is 0 Å². The summed E-state index contributed by atoms with van der Waals surface area (Å²) in [5, 5.41) is 0.981. The summed E-state index contributed by atoms with van der Waals surface area (Å²) in [7, 11) is 1.59. The fraction of sp³-hybridized carbons (Fsp3) is 0.167. The molecule has 1 aromatic carbocycles. The summed E-state index contributed by atoms with van der Waals surface area (Å²) in [5.74, 6) is 1.21. The van der Waals surface area contributed by atoms with Crippen LogP contribution >= 0.6 is 11.6 Å². The van der Waals surface area contributed by atoms with Crippen LogP contribution in [0.1, 0.15) is 0 Å². The van der Waals surface area contributed by atoms with Crippen molar-refractivity contribution >= 4 is 34.0 Å². The molecule has 0 aliphatic heterocycles. The number of aliphatic imine (C=N–C) groups is 1. The molecule has 0 saturated heterocycles. The zero-order chi connectivity index (χ0) is 12.3. The Labute approximate surface area is 104 Å². The molecule has 0 fully saturated rings. The number of ether oxygens (including phenoxy) is 1. The van der Waals surface area contributed by atoms with Gasteiger partial charge in [0.05, 0.1) is 24.2 Å². The smallest absolute Gasteiger partial charge is 0.213 e. The van der Waals surface area contributed by atoms with Gasteiger partial charge < -0.3 is 10.5 Å². The fourth-order valence-electron chi connectivity index (χ4n) is 1.47. The van der Waals surface area contributed by atoms with Crippen LogP contribution in [-0.2, 0) is 0 Å². The Morgan fingerprint density at radius 1 is 1.41 bits per heavy atom. The number of aromatic nitrogens is 1. The molecule has 1 aromatic heterocycles. The van der Waals surface area contributed by atoms with Gasteiger partial charge in [0, 0.05) is 11.5 Å². The zero-order valence-electron chi connectivity index (χ0n) is 9.35. The van der Waals surface area contributed by atoms with E-state index in [1.54, 1.807) is 13.2 Å². The van der Waals surface area contributed by atoms with Crippen molar-refractivity contribution in [3.05, 3.63) is 30.3 Å². The maximum absolute atomic E-state index is 5.58. The van der Waals surface area contributed by atoms with Gasteiger partial charge in [-0.05, 0) is 24.3 Å². The standard InChI is InChI=1S/C12H12ClN3O/c1-17-12-5-2-8-6-9(15-11(14)7-13)3-4-10(8)16-12/h2-6H,7H2,1H3,(H2,14,15). The predicted molar refractivity (Wildman–Crippen MR) is 70.3 cm³/mol. The molecule has 0 aliphatic carbocycles. The minimum Gasteiger partial charge on any atom is -0.481 e. The zero-order valence-corrected chi connectivity index (χ0v) is 10.1. The summed E-state index contributed by atoms with van der Waals surface area (Å²) in [5.41, 5.74) is 7.20. The summed E-state index contributed by atoms with van der Waals surface area (Å²) in [6.07, 6.45) is 0. The number of amidine groups is 1. The molecule has 5 heteroatoms. The van der Waals surface area contributed by atoms with Crippen LogP contribution in [0.25, 0.3) is 10.9 Å². The van der Waals surface area contributed by atoms with E-state index < -0.39 is 0 Å². The number of fused-ring (bicyclic) bond motifs is 1. The Bertz CT molecular complexity index is 569. The molecule has 0 saturated carbocycles. The molecule has 2 N–H and O–H groups in total. The second-order valence-corrected chi connectivity index (χ2v) is 3.73. The molecule has 0 amide bonds. The average molecular weight is 250 g/mol. The van der Waals surface area contributed by atoms with Crippen LogP contribution in [0, 0.1) is 0 Å². The van der Waals surface area contributed by atoms with E-state index in [0.29, 0.717) is 11.7 Å². The lowest BCUT2D eigenvalue weighted by Gasteiger charge is -2.02. The molecule has 0 unspecified atom stereocenters. The molecule has 4 nitrogen and oxygen atoms in total. The third-order valence-electron chi connectivity index (χ3n) is 2.27. The molecule has 0 spiro atoms. The normalized spacial score (nSPS) is 11.8. The second kappa shape index (κ2) is 5.01. The van der Waals surface area contributed by atoms with E-state index in [0.717, 1.165) is 16.6 Å². The number of hydrogen-bond donors (Lipinski definition) is 1. The molecule has 0 radical (unpaired) electrons. The Balaban J connectivity index is 2.45. The van der Waals surface area contributed by atoms with Crippen molar-refractivity contribution < 1.29 is 4.74 Å². The van der Waals surface area contributed by atoms with Gasteiger partial charge in [0.15, 0.2) is 0 Å². The number of pyridine rings is 1. The topological polar surface area (TPSA) is 60.5 Å². The van der Waals surface area contributed by atoms with Crippen LogP contribution in [0.3, 0.4) is 0 Å². The molecule has 1 heterocycles. The number of hydrogen-bond acceptors (Lipinski definition) is 3. The van der Waals surface area contributed by atoms with E-state index in [4.69, 9.17) is 22.1 Å². The molecule has 0 aliphatic rings. The molecule has 0 bridgehead atoms. The Morgan fingerprint density at radius 3 is 2.94 bits per heavy atom. The van der Waals surface area contributed by atoms with Crippen LogP contribution in [0.4, 0.5) is 5.69 Å². The first-order valence-electron chi connectivity index (χ1n) is 5.07. The SMILES string of the molecule is COc1ccc2cc(N=C(N)CCl)ccc2n1. The van der Waals surface area contributed by atoms with Gasteiger partial charge in [0.25, 0.3) is 0 Å². The summed E-state index contributed by atoms with van der Waals surface area (Å²) in [6.45, 7) is 0. The highest BCUT2D eigenvalue weighted by atomic mass is 35.5. The lowest BCUT2D eigenvalue weighted by atomic mass is 10.2. The average Bonchev–Trinajstić information content (AvgIpc) is 2.38. The molecular formula is C12H12ClN3O. The van der Waals surface area contributed by atoms with Crippen LogP contribution in [0.5, 0.6) is 5.88 Å². The molecule has 88 valence electrons. The van der Waals surface area contributed by atoms with Crippen molar-refractivity contribution in [2.24, 2.45) is 10.7 Å². The quantitative estimate of drug-likeness (QED) is 0.516. The highest BCUT2D eigenvalue weighted by Crippen LogP contribution is 2.22. The van der Waals surface area contributed by atoms with E-state index in [9.17, 15) is 0 Å². The lowest BCUT2D eigenvalue weighted by molar-refractivity contribution is 0.399. The first-order valence-corrected chi connectivity index (χ1v) is 5.60. The maximum atomic E-state index is 5.58. The predicted octanol–water partition coefficient (Wildman–Crippen LogP) is 2.47. The Morgan fingerprint density at radius 2 is 2.24 bits per heavy atom. The van der Waals surface area contributed by atoms with E-state index in [1.165, 1.54) is 0 Å². The highest BCUT2D eigenvalue weighted by molar-refractivity contribution is 6.28. The number of nitrogens with two attached hydrogens (primary N) is 1. The number of benzene rings is 1. The van der Waals surface area contributed by atoms with Gasteiger partial charge in [0.2, 0.25) is 5.88 Å². The molecule has 0 atom stereocenters. The Kier molecular flexibility index (Phi) is 3.44. The van der Waals surface area contributed by atoms with Crippen molar-refractivity contribution in [2.75, 3.05) is 13.0 Å². The third kappa shape index (κ3) is 2.65. The molecular weight excluding hydrogens is 238 g/mol. The van der Waals surface area contributed by atoms with Gasteiger partial charge in [0.1, 0.15) is 5.84 Å². The van der Waals surface area contributed by atoms with Crippen molar-refractivity contribution in [1.29, 1.82) is 0 Å². The number of nitrogens with zero attached hydrogens (tertiary/aromatic N) is 2. The van der Waals surface area contributed by atoms with Crippen molar-refractivity contribution in [3.8, 4) is 5.88 Å². The van der Waals surface area contributed by atoms with E-state index in [-0.39, 0.29) is 5.88 Å². The number of methoxy groups -OCH3 is 1. The maximum Gasteiger partial charge on any atom is 0.213 e. The highest BCUT2D eigenvalue weighted by Gasteiger charge is 2.00. The molecule has 2 aromatic rings. The van der Waals surface area contributed by atoms with Gasteiger partial charge in [-0.25, -0.2) is 9.98 Å². The van der Waals surface area contributed by atoms with E-state index in [1.807, 2.05) is 24.3 Å². The van der Waals surface area contributed by atoms with Crippen molar-refractivity contribution in [2.45, 2.75) is 0 Å². The van der Waals surface area contributed by atoms with Gasteiger partial charge in [-0.2, -0.15) is 0 Å². The van der Waals surface area contributed by atoms with Crippen molar-refractivity contribution in [1.82, 2.24) is 4.98 Å². The van der Waals surface area contributed by atoms with Crippen LogP contribution < -0.4 is 10.5 Å². The van der Waals surface area contributed by atoms with Gasteiger partial charge in [-0.15, -0.1) is 11.6 Å². The monoisotopic (exact) mass is 249 g/mol. The van der Waals surface area contributed by atoms with E-state index >= 15 is 0 Å². The minimum absolute atomic E-state index is 0.221. The number of halogens is 1. The summed E-state index contributed by atoms with van der Waals surface area (Å²) >= 11 is 5.58. The lowest BCUT2D eigenvalue weighted by Crippen LogP contribution is -2.12. The van der Waals surface area contributed by atoms with E-state index in [2.05, 4.69) is 9.98 Å². The van der Waals surface area contributed by atoms with Gasteiger partial charge >= 0.3 is 0 Å². The third-order valence-corrected chi connectivity index (χ3v) is 2.54. The Hall–Kier alpha value is -1.81. The molecule has 17 heavy (non-hydrogen) atoms. The van der Waals surface area contributed by atoms with Crippen LogP contribution in [-0.4, -0.2) is 23.8 Å². The fourth-order valence-corrected chi connectivity index (χ4v) is 1.53. The summed E-state index contributed by atoms with van der Waals surface area (Å²) in [6, 6.07) is 9.35. The van der Waals surface area contributed by atoms with Crippen LogP contribution in [0.15, 0.2) is 35.3 Å². The summed E-state index contributed by atoms with van der Waals surface area (Å²) in [4.78, 5) is 8.48. The number of rotatable bonds is 3. The first-order chi connectivity index (χ1) is 8.22. The number of alkyl halides is 1. The summed E-state index contributed by atoms with van der Waals surface area (Å²) < 4.78 is 5.06. The van der Waals surface area contributed by atoms with Gasteiger partial charge in [-0.1, -0.05) is 0 Å². The van der Waals surface area contributed by atoms with Crippen LogP contribution in [0.2, 0.25) is 0 Å². The van der Waals surface area contributed by atoms with Gasteiger partial charge in [-0.3, -0.25) is 0 Å². The second-order valence-electron chi connectivity index (χ2n) is 3.47. The minimum atomic E-state index is 0.221. The molecule has 2 rings (SSSR count).